The van der Waals surface area contributed by atoms with E-state index in [2.05, 4.69) is 13.5 Å². The van der Waals surface area contributed by atoms with Gasteiger partial charge in [-0.3, -0.25) is 4.79 Å². The summed E-state index contributed by atoms with van der Waals surface area (Å²) in [7, 11) is 0. The van der Waals surface area contributed by atoms with Crippen molar-refractivity contribution in [2.75, 3.05) is 0 Å². The van der Waals surface area contributed by atoms with Crippen LogP contribution < -0.4 is 0 Å². The van der Waals surface area contributed by atoms with Crippen molar-refractivity contribution in [1.29, 1.82) is 0 Å². The summed E-state index contributed by atoms with van der Waals surface area (Å²) in [5.74, 6) is 4.42. The molecule has 0 aromatic rings. The first-order valence-electron chi connectivity index (χ1n) is 6.41. The molecule has 1 nitrogen and oxygen atoms in total. The van der Waals surface area contributed by atoms with Gasteiger partial charge in [0.15, 0.2) is 0 Å². The lowest BCUT2D eigenvalue weighted by Crippen LogP contribution is -2.10. The summed E-state index contributed by atoms with van der Waals surface area (Å²) in [5.41, 5.74) is 1.12. The zero-order valence-electron chi connectivity index (χ0n) is 9.54. The second-order valence-electron chi connectivity index (χ2n) is 5.76. The number of hydrogen-bond donors (Lipinski definition) is 0. The van der Waals surface area contributed by atoms with E-state index >= 15 is 0 Å². The zero-order chi connectivity index (χ0) is 10.6. The Hall–Kier alpha value is -0.590. The molecule has 0 radical (unpaired) electrons. The summed E-state index contributed by atoms with van der Waals surface area (Å²) in [6, 6.07) is 0. The van der Waals surface area contributed by atoms with E-state index in [-0.39, 0.29) is 0 Å². The summed E-state index contributed by atoms with van der Waals surface area (Å²) < 4.78 is 0. The van der Waals surface area contributed by atoms with Gasteiger partial charge in [0.05, 0.1) is 0 Å². The third-order valence-electron chi connectivity index (χ3n) is 5.03. The number of allylic oxidation sites excluding steroid dienone is 1. The molecule has 82 valence electrons. The Labute approximate surface area is 91.9 Å². The predicted molar refractivity (Wildman–Crippen MR) is 60.4 cm³/mol. The topological polar surface area (TPSA) is 17.1 Å². The van der Waals surface area contributed by atoms with Crippen LogP contribution in [0.15, 0.2) is 12.2 Å². The van der Waals surface area contributed by atoms with E-state index in [1.165, 1.54) is 19.3 Å². The molecule has 0 spiro atoms. The number of carbonyl (C=O) groups is 1. The number of ketones is 1. The van der Waals surface area contributed by atoms with Crippen LogP contribution in [0.1, 0.15) is 39.0 Å². The molecule has 15 heavy (non-hydrogen) atoms. The number of Topliss-reactive ketones (excluding diaryl/α,β-unsaturated/α-hetero) is 1. The molecule has 0 aromatic carbocycles. The first-order valence-corrected chi connectivity index (χ1v) is 6.41. The van der Waals surface area contributed by atoms with Crippen molar-refractivity contribution < 1.29 is 4.79 Å². The van der Waals surface area contributed by atoms with Crippen molar-refractivity contribution in [3.8, 4) is 0 Å². The van der Waals surface area contributed by atoms with Crippen molar-refractivity contribution in [2.45, 2.75) is 39.0 Å². The molecule has 0 aromatic heterocycles. The van der Waals surface area contributed by atoms with Gasteiger partial charge in [-0.1, -0.05) is 19.1 Å². The van der Waals surface area contributed by atoms with Crippen molar-refractivity contribution in [3.63, 3.8) is 0 Å². The van der Waals surface area contributed by atoms with Gasteiger partial charge in [-0.15, -0.1) is 0 Å². The molecule has 0 heterocycles. The summed E-state index contributed by atoms with van der Waals surface area (Å²) >= 11 is 0. The van der Waals surface area contributed by atoms with E-state index in [0.29, 0.717) is 18.1 Å². The Bertz CT molecular complexity index is 301. The molecule has 3 rings (SSSR count). The lowest BCUT2D eigenvalue weighted by molar-refractivity contribution is -0.120. The average Bonchev–Trinajstić information content (AvgIpc) is 2.68. The third-order valence-corrected chi connectivity index (χ3v) is 5.03. The Balaban J connectivity index is 1.63. The highest BCUT2D eigenvalue weighted by Gasteiger charge is 2.66. The molecule has 3 fully saturated rings. The quantitative estimate of drug-likeness (QED) is 0.643. The minimum atomic E-state index is 0.458. The fourth-order valence-corrected chi connectivity index (χ4v) is 4.24. The van der Waals surface area contributed by atoms with Gasteiger partial charge in [0, 0.05) is 12.3 Å². The number of fused-ring (bicyclic) bond motifs is 5. The Morgan fingerprint density at radius 1 is 1.27 bits per heavy atom. The van der Waals surface area contributed by atoms with E-state index < -0.39 is 0 Å². The summed E-state index contributed by atoms with van der Waals surface area (Å²) in [4.78, 5) is 12.0. The molecule has 0 aliphatic heterocycles. The summed E-state index contributed by atoms with van der Waals surface area (Å²) in [6.45, 7) is 6.04. The van der Waals surface area contributed by atoms with E-state index in [4.69, 9.17) is 0 Å². The first kappa shape index (κ1) is 9.62. The first-order chi connectivity index (χ1) is 7.22. The molecular formula is C14H20O. The molecule has 4 unspecified atom stereocenters. The van der Waals surface area contributed by atoms with Crippen molar-refractivity contribution in [3.05, 3.63) is 12.2 Å². The highest BCUT2D eigenvalue weighted by Crippen LogP contribution is 2.69. The van der Waals surface area contributed by atoms with Crippen LogP contribution in [0.5, 0.6) is 0 Å². The van der Waals surface area contributed by atoms with Gasteiger partial charge in [-0.2, -0.15) is 0 Å². The van der Waals surface area contributed by atoms with Gasteiger partial charge in [-0.25, -0.2) is 0 Å². The number of carbonyl (C=O) groups excluding carboxylic acids is 1. The monoisotopic (exact) mass is 204 g/mol. The summed E-state index contributed by atoms with van der Waals surface area (Å²) in [5, 5.41) is 0. The fourth-order valence-electron chi connectivity index (χ4n) is 4.24. The van der Waals surface area contributed by atoms with Crippen LogP contribution in [-0.2, 0) is 4.79 Å². The lowest BCUT2D eigenvalue weighted by Gasteiger charge is -2.08. The van der Waals surface area contributed by atoms with E-state index in [1.54, 1.807) is 0 Å². The Morgan fingerprint density at radius 2 is 1.87 bits per heavy atom. The molecule has 1 heteroatoms. The van der Waals surface area contributed by atoms with Crippen LogP contribution in [0.2, 0.25) is 0 Å². The fraction of sp³-hybridized carbons (Fsp3) is 0.786. The number of hydrogen-bond acceptors (Lipinski definition) is 1. The van der Waals surface area contributed by atoms with Gasteiger partial charge >= 0.3 is 0 Å². The molecule has 3 aliphatic carbocycles. The molecule has 0 amide bonds. The minimum Gasteiger partial charge on any atom is -0.299 e. The molecule has 2 bridgehead atoms. The highest BCUT2D eigenvalue weighted by molar-refractivity contribution is 5.86. The van der Waals surface area contributed by atoms with E-state index in [1.807, 2.05) is 0 Å². The van der Waals surface area contributed by atoms with Crippen LogP contribution >= 0.6 is 0 Å². The van der Waals surface area contributed by atoms with Crippen LogP contribution in [0.3, 0.4) is 0 Å². The van der Waals surface area contributed by atoms with Gasteiger partial charge in [0.25, 0.3) is 0 Å². The van der Waals surface area contributed by atoms with E-state index in [9.17, 15) is 4.79 Å². The molecule has 4 atom stereocenters. The van der Waals surface area contributed by atoms with Gasteiger partial charge in [0.2, 0.25) is 0 Å². The van der Waals surface area contributed by atoms with Crippen LogP contribution in [0.25, 0.3) is 0 Å². The van der Waals surface area contributed by atoms with Crippen LogP contribution in [-0.4, -0.2) is 5.78 Å². The molecule has 0 N–H and O–H groups in total. The SMILES string of the molecule is C=C(CC)CC(=O)C1C2C3CCC(C3)C12. The highest BCUT2D eigenvalue weighted by atomic mass is 16.1. The Morgan fingerprint density at radius 3 is 2.40 bits per heavy atom. The predicted octanol–water partition coefficient (Wildman–Crippen LogP) is 3.20. The van der Waals surface area contributed by atoms with Gasteiger partial charge in [0.1, 0.15) is 5.78 Å². The minimum absolute atomic E-state index is 0.458. The number of rotatable bonds is 4. The van der Waals surface area contributed by atoms with E-state index in [0.717, 1.165) is 35.7 Å². The lowest BCUT2D eigenvalue weighted by atomic mass is 9.96. The molecular weight excluding hydrogens is 184 g/mol. The van der Waals surface area contributed by atoms with Gasteiger partial charge in [-0.05, 0) is 49.4 Å². The van der Waals surface area contributed by atoms with Crippen LogP contribution in [0, 0.1) is 29.6 Å². The second-order valence-corrected chi connectivity index (χ2v) is 5.76. The smallest absolute Gasteiger partial charge is 0.140 e. The zero-order valence-corrected chi connectivity index (χ0v) is 9.54. The van der Waals surface area contributed by atoms with Crippen molar-refractivity contribution in [2.24, 2.45) is 29.6 Å². The normalized spacial score (nSPS) is 45.3. The molecule has 3 aliphatic rings. The van der Waals surface area contributed by atoms with Crippen molar-refractivity contribution in [1.82, 2.24) is 0 Å². The Kier molecular flexibility index (Phi) is 2.05. The standard InChI is InChI=1S/C14H20O/c1-3-8(2)6-11(15)14-12-9-4-5-10(7-9)13(12)14/h9-10,12-14H,2-7H2,1H3. The van der Waals surface area contributed by atoms with Crippen LogP contribution in [0.4, 0.5) is 0 Å². The molecule has 3 saturated carbocycles. The maximum atomic E-state index is 12.0. The van der Waals surface area contributed by atoms with Crippen molar-refractivity contribution >= 4 is 5.78 Å². The second kappa shape index (κ2) is 3.20. The third kappa shape index (κ3) is 1.32. The van der Waals surface area contributed by atoms with Gasteiger partial charge < -0.3 is 0 Å². The maximum Gasteiger partial charge on any atom is 0.140 e. The average molecular weight is 204 g/mol. The largest absolute Gasteiger partial charge is 0.299 e. The maximum absolute atomic E-state index is 12.0. The molecule has 0 saturated heterocycles. The summed E-state index contributed by atoms with van der Waals surface area (Å²) in [6.07, 6.45) is 5.87.